The molecule has 1 aliphatic rings. The van der Waals surface area contributed by atoms with Gasteiger partial charge < -0.3 is 4.90 Å². The van der Waals surface area contributed by atoms with Crippen LogP contribution in [-0.2, 0) is 10.8 Å². The fourth-order valence-corrected chi connectivity index (χ4v) is 12.6. The van der Waals surface area contributed by atoms with Crippen molar-refractivity contribution in [3.8, 4) is 55.6 Å². The summed E-state index contributed by atoms with van der Waals surface area (Å²) in [6.07, 6.45) is 0. The summed E-state index contributed by atoms with van der Waals surface area (Å²) in [6.45, 7) is 11.6. The van der Waals surface area contributed by atoms with Crippen LogP contribution in [0.4, 0.5) is 17.1 Å². The molecule has 0 N–H and O–H groups in total. The quantitative estimate of drug-likeness (QED) is 0.154. The van der Waals surface area contributed by atoms with Crippen LogP contribution in [0.5, 0.6) is 0 Å². The SMILES string of the molecule is CC(C)(C)c1ccc(-c2ccc(-c3ccc(N(c4ccc5c(c4)-c4cc6ccccc6cc4C5(C)C)c4ccc5ccccc5c4-c4cccc5c4sc4ccccc45)c(-c4ccccc4)c3)cc2)cc1. The van der Waals surface area contributed by atoms with Gasteiger partial charge in [0, 0.05) is 48.0 Å². The van der Waals surface area contributed by atoms with E-state index in [1.807, 2.05) is 11.3 Å². The van der Waals surface area contributed by atoms with Crippen molar-refractivity contribution in [3.63, 3.8) is 0 Å². The van der Waals surface area contributed by atoms with Gasteiger partial charge in [0.25, 0.3) is 0 Å². The molecular formula is C69H53NS. The topological polar surface area (TPSA) is 3.24 Å². The average Bonchev–Trinajstić information content (AvgIpc) is 3.89. The minimum Gasteiger partial charge on any atom is -0.309 e. The third-order valence-electron chi connectivity index (χ3n) is 15.2. The van der Waals surface area contributed by atoms with Gasteiger partial charge in [-0.05, 0) is 131 Å². The highest BCUT2D eigenvalue weighted by Crippen LogP contribution is 2.55. The summed E-state index contributed by atoms with van der Waals surface area (Å²) in [7, 11) is 0. The lowest BCUT2D eigenvalue weighted by atomic mass is 9.82. The Morgan fingerprint density at radius 3 is 1.72 bits per heavy atom. The number of hydrogen-bond donors (Lipinski definition) is 0. The summed E-state index contributed by atoms with van der Waals surface area (Å²) in [5.74, 6) is 0. The van der Waals surface area contributed by atoms with Gasteiger partial charge in [0.1, 0.15) is 0 Å². The molecule has 0 spiro atoms. The van der Waals surface area contributed by atoms with Gasteiger partial charge in [0.15, 0.2) is 0 Å². The second-order valence-corrected chi connectivity index (χ2v) is 22.0. The van der Waals surface area contributed by atoms with Gasteiger partial charge in [-0.15, -0.1) is 11.3 Å². The molecule has 1 nitrogen and oxygen atoms in total. The normalized spacial score (nSPS) is 13.0. The van der Waals surface area contributed by atoms with Crippen LogP contribution >= 0.6 is 11.3 Å². The van der Waals surface area contributed by atoms with E-state index in [-0.39, 0.29) is 10.8 Å². The molecule has 71 heavy (non-hydrogen) atoms. The van der Waals surface area contributed by atoms with E-state index in [2.05, 4.69) is 270 Å². The maximum atomic E-state index is 2.57. The molecule has 0 unspecified atom stereocenters. The van der Waals surface area contributed by atoms with Crippen molar-refractivity contribution in [2.45, 2.75) is 45.4 Å². The van der Waals surface area contributed by atoms with Crippen LogP contribution in [0.25, 0.3) is 97.4 Å². The Kier molecular flexibility index (Phi) is 10.0. The number of hydrogen-bond acceptors (Lipinski definition) is 2. The smallest absolute Gasteiger partial charge is 0.0547 e. The van der Waals surface area contributed by atoms with Crippen molar-refractivity contribution in [2.24, 2.45) is 0 Å². The molecule has 1 aromatic heterocycles. The van der Waals surface area contributed by atoms with E-state index >= 15 is 0 Å². The summed E-state index contributed by atoms with van der Waals surface area (Å²) >= 11 is 1.89. The molecule has 0 amide bonds. The van der Waals surface area contributed by atoms with Crippen molar-refractivity contribution in [2.75, 3.05) is 4.90 Å². The molecular weight excluding hydrogens is 875 g/mol. The van der Waals surface area contributed by atoms with Crippen molar-refractivity contribution in [1.82, 2.24) is 0 Å². The first-order valence-electron chi connectivity index (χ1n) is 24.9. The van der Waals surface area contributed by atoms with Crippen molar-refractivity contribution < 1.29 is 0 Å². The Morgan fingerprint density at radius 1 is 0.380 bits per heavy atom. The number of benzene rings is 11. The number of rotatable bonds is 7. The minimum absolute atomic E-state index is 0.113. The summed E-state index contributed by atoms with van der Waals surface area (Å²) in [5.41, 5.74) is 19.6. The summed E-state index contributed by atoms with van der Waals surface area (Å²) in [4.78, 5) is 2.57. The highest BCUT2D eigenvalue weighted by molar-refractivity contribution is 7.26. The van der Waals surface area contributed by atoms with E-state index in [1.54, 1.807) is 0 Å². The molecule has 12 aromatic rings. The molecule has 13 rings (SSSR count). The molecule has 2 heteroatoms. The maximum absolute atomic E-state index is 2.57. The molecule has 1 aliphatic carbocycles. The third kappa shape index (κ3) is 7.19. The molecule has 340 valence electrons. The molecule has 0 bridgehead atoms. The van der Waals surface area contributed by atoms with Crippen LogP contribution in [0.2, 0.25) is 0 Å². The predicted molar refractivity (Wildman–Crippen MR) is 307 cm³/mol. The van der Waals surface area contributed by atoms with Gasteiger partial charge in [-0.3, -0.25) is 0 Å². The Hall–Kier alpha value is -8.04. The standard InChI is InChI=1S/C69H53NS/c1-68(2,3)52-34-30-45(31-35-52)44-26-28-46(29-27-44)51-33-38-63(58(40-51)47-16-7-6-8-17-47)70(53-36-37-61-60(43-53)59-41-49-19-9-10-20-50(49)42-62(59)69(61,4)5)64-39-32-48-18-11-12-21-54(48)66(64)57-24-15-23-56-55-22-13-14-25-65(55)71-67(56)57/h6-43H,1-5H3. The molecule has 0 fully saturated rings. The summed E-state index contributed by atoms with van der Waals surface area (Å²) in [5, 5.41) is 7.58. The van der Waals surface area contributed by atoms with E-state index in [9.17, 15) is 0 Å². The zero-order chi connectivity index (χ0) is 48.0. The zero-order valence-electron chi connectivity index (χ0n) is 40.8. The second kappa shape index (κ2) is 16.5. The monoisotopic (exact) mass is 927 g/mol. The Bertz CT molecular complexity index is 4040. The molecule has 11 aromatic carbocycles. The fourth-order valence-electron chi connectivity index (χ4n) is 11.4. The van der Waals surface area contributed by atoms with Crippen LogP contribution < -0.4 is 4.90 Å². The Balaban J connectivity index is 1.06. The van der Waals surface area contributed by atoms with Crippen molar-refractivity contribution in [1.29, 1.82) is 0 Å². The minimum atomic E-state index is -0.161. The first-order chi connectivity index (χ1) is 34.6. The number of nitrogens with zero attached hydrogens (tertiary/aromatic N) is 1. The highest BCUT2D eigenvalue weighted by atomic mass is 32.1. The van der Waals surface area contributed by atoms with Crippen molar-refractivity contribution >= 4 is 70.1 Å². The summed E-state index contributed by atoms with van der Waals surface area (Å²) in [6, 6.07) is 86.5. The van der Waals surface area contributed by atoms with Gasteiger partial charge >= 0.3 is 0 Å². The Morgan fingerprint density at radius 2 is 0.972 bits per heavy atom. The molecule has 0 radical (unpaired) electrons. The lowest BCUT2D eigenvalue weighted by molar-refractivity contribution is 0.590. The molecule has 0 aliphatic heterocycles. The van der Waals surface area contributed by atoms with Crippen LogP contribution in [-0.4, -0.2) is 0 Å². The lowest BCUT2D eigenvalue weighted by Crippen LogP contribution is -2.16. The van der Waals surface area contributed by atoms with E-state index in [0.717, 1.165) is 28.2 Å². The first-order valence-corrected chi connectivity index (χ1v) is 25.7. The summed E-state index contributed by atoms with van der Waals surface area (Å²) < 4.78 is 2.60. The van der Waals surface area contributed by atoms with E-state index in [1.165, 1.54) is 103 Å². The van der Waals surface area contributed by atoms with Gasteiger partial charge in [-0.25, -0.2) is 0 Å². The van der Waals surface area contributed by atoms with Crippen LogP contribution in [0.3, 0.4) is 0 Å². The maximum Gasteiger partial charge on any atom is 0.0547 e. The van der Waals surface area contributed by atoms with Gasteiger partial charge in [-0.2, -0.15) is 0 Å². The van der Waals surface area contributed by atoms with Crippen molar-refractivity contribution in [3.05, 3.63) is 247 Å². The number of anilines is 3. The number of fused-ring (bicyclic) bond motifs is 8. The fraction of sp³-hybridized carbons (Fsp3) is 0.101. The van der Waals surface area contributed by atoms with Crippen LogP contribution in [0.15, 0.2) is 231 Å². The van der Waals surface area contributed by atoms with Gasteiger partial charge in [0.2, 0.25) is 0 Å². The molecule has 0 atom stereocenters. The van der Waals surface area contributed by atoms with Crippen LogP contribution in [0.1, 0.15) is 51.3 Å². The van der Waals surface area contributed by atoms with Gasteiger partial charge in [-0.1, -0.05) is 217 Å². The molecule has 0 saturated heterocycles. The average molecular weight is 928 g/mol. The van der Waals surface area contributed by atoms with E-state index < -0.39 is 0 Å². The second-order valence-electron chi connectivity index (χ2n) is 20.9. The van der Waals surface area contributed by atoms with Gasteiger partial charge in [0.05, 0.1) is 11.4 Å². The van der Waals surface area contributed by atoms with Crippen LogP contribution in [0, 0.1) is 0 Å². The number of thiophene rings is 1. The predicted octanol–water partition coefficient (Wildman–Crippen LogP) is 20.1. The largest absolute Gasteiger partial charge is 0.309 e. The first kappa shape index (κ1) is 43.0. The Labute approximate surface area is 421 Å². The third-order valence-corrected chi connectivity index (χ3v) is 16.5. The zero-order valence-corrected chi connectivity index (χ0v) is 41.6. The lowest BCUT2D eigenvalue weighted by Gasteiger charge is -2.32. The molecule has 1 heterocycles. The highest BCUT2D eigenvalue weighted by Gasteiger charge is 2.37. The molecule has 0 saturated carbocycles. The van der Waals surface area contributed by atoms with E-state index in [4.69, 9.17) is 0 Å². The van der Waals surface area contributed by atoms with E-state index in [0.29, 0.717) is 0 Å².